The highest BCUT2D eigenvalue weighted by Gasteiger charge is 2.34. The molecule has 8 nitrogen and oxygen atoms in total. The van der Waals surface area contributed by atoms with Crippen molar-refractivity contribution in [2.45, 2.75) is 38.8 Å². The van der Waals surface area contributed by atoms with Crippen LogP contribution in [0.5, 0.6) is 0 Å². The third-order valence-electron chi connectivity index (χ3n) is 5.41. The van der Waals surface area contributed by atoms with Crippen molar-refractivity contribution in [2.24, 2.45) is 0 Å². The van der Waals surface area contributed by atoms with Crippen molar-refractivity contribution >= 4 is 17.8 Å². The molecule has 3 aliphatic rings. The van der Waals surface area contributed by atoms with Crippen LogP contribution in [0.1, 0.15) is 29.9 Å². The van der Waals surface area contributed by atoms with Crippen molar-refractivity contribution < 1.29 is 9.59 Å². The van der Waals surface area contributed by atoms with E-state index in [0.29, 0.717) is 6.42 Å². The van der Waals surface area contributed by atoms with E-state index in [2.05, 4.69) is 20.1 Å². The summed E-state index contributed by atoms with van der Waals surface area (Å²) in [5, 5.41) is 2.92. The zero-order valence-electron chi connectivity index (χ0n) is 14.8. The van der Waals surface area contributed by atoms with Crippen LogP contribution in [-0.4, -0.2) is 71.1 Å². The first-order valence-electron chi connectivity index (χ1n) is 8.95. The summed E-state index contributed by atoms with van der Waals surface area (Å²) in [6, 6.07) is -0.312. The van der Waals surface area contributed by atoms with E-state index in [1.165, 1.54) is 18.3 Å². The lowest BCUT2D eigenvalue weighted by Gasteiger charge is -2.42. The normalized spacial score (nSPS) is 24.5. The smallest absolute Gasteiger partial charge is 0.325 e. The number of urea groups is 1. The Balaban J connectivity index is 1.44. The van der Waals surface area contributed by atoms with Gasteiger partial charge in [-0.1, -0.05) is 0 Å². The highest BCUT2D eigenvalue weighted by molar-refractivity contribution is 5.96. The highest BCUT2D eigenvalue weighted by Crippen LogP contribution is 2.29. The van der Waals surface area contributed by atoms with Gasteiger partial charge in [0.2, 0.25) is 5.91 Å². The number of hydrogen-bond donors (Lipinski definition) is 1. The number of imide groups is 1. The third-order valence-corrected chi connectivity index (χ3v) is 5.41. The molecule has 1 N–H and O–H groups in total. The van der Waals surface area contributed by atoms with E-state index < -0.39 is 0 Å². The fraction of sp³-hybridized carbons (Fsp3) is 0.647. The van der Waals surface area contributed by atoms with Gasteiger partial charge in [0.1, 0.15) is 11.6 Å². The van der Waals surface area contributed by atoms with E-state index in [-0.39, 0.29) is 18.1 Å². The van der Waals surface area contributed by atoms with Crippen molar-refractivity contribution in [1.29, 1.82) is 0 Å². The molecule has 1 aliphatic carbocycles. The molecule has 8 heteroatoms. The molecule has 2 aliphatic heterocycles. The summed E-state index contributed by atoms with van der Waals surface area (Å²) in [6.45, 7) is 5.26. The molecule has 2 saturated heterocycles. The van der Waals surface area contributed by atoms with Gasteiger partial charge in [-0.25, -0.2) is 14.8 Å². The zero-order valence-corrected chi connectivity index (χ0v) is 14.8. The van der Waals surface area contributed by atoms with Crippen LogP contribution in [0.4, 0.5) is 10.6 Å². The highest BCUT2D eigenvalue weighted by atomic mass is 16.2. The second-order valence-corrected chi connectivity index (χ2v) is 7.02. The molecule has 1 unspecified atom stereocenters. The van der Waals surface area contributed by atoms with Gasteiger partial charge in [0.15, 0.2) is 0 Å². The molecular formula is C17H24N6O2. The van der Waals surface area contributed by atoms with Gasteiger partial charge in [-0.3, -0.25) is 14.6 Å². The van der Waals surface area contributed by atoms with E-state index in [1.54, 1.807) is 0 Å². The zero-order chi connectivity index (χ0) is 17.6. The van der Waals surface area contributed by atoms with Crippen LogP contribution in [0.2, 0.25) is 0 Å². The topological polar surface area (TPSA) is 81.7 Å². The molecule has 2 fully saturated rings. The van der Waals surface area contributed by atoms with Gasteiger partial charge < -0.3 is 10.2 Å². The third kappa shape index (κ3) is 2.95. The monoisotopic (exact) mass is 344 g/mol. The second kappa shape index (κ2) is 6.25. The van der Waals surface area contributed by atoms with E-state index in [1.807, 2.05) is 6.92 Å². The summed E-state index contributed by atoms with van der Waals surface area (Å²) in [4.78, 5) is 38.7. The summed E-state index contributed by atoms with van der Waals surface area (Å²) >= 11 is 0. The number of nitrogens with one attached hydrogen (secondary N) is 1. The average Bonchev–Trinajstić information content (AvgIpc) is 3.07. The van der Waals surface area contributed by atoms with Crippen LogP contribution >= 0.6 is 0 Å². The van der Waals surface area contributed by atoms with Crippen LogP contribution in [-0.2, 0) is 17.6 Å². The molecule has 1 aromatic heterocycles. The van der Waals surface area contributed by atoms with Gasteiger partial charge in [0, 0.05) is 44.5 Å². The minimum absolute atomic E-state index is 0.125. The van der Waals surface area contributed by atoms with E-state index in [0.717, 1.165) is 62.0 Å². The number of hydrogen-bond acceptors (Lipinski definition) is 6. The first-order valence-corrected chi connectivity index (χ1v) is 8.95. The van der Waals surface area contributed by atoms with Crippen molar-refractivity contribution in [3.8, 4) is 0 Å². The number of piperazine rings is 1. The fourth-order valence-corrected chi connectivity index (χ4v) is 3.97. The molecule has 1 aromatic rings. The van der Waals surface area contributed by atoms with Crippen LogP contribution in [0.25, 0.3) is 0 Å². The lowest BCUT2D eigenvalue weighted by molar-refractivity contribution is -0.130. The largest absolute Gasteiger partial charge is 0.354 e. The van der Waals surface area contributed by atoms with Crippen LogP contribution in [0, 0.1) is 6.92 Å². The predicted molar refractivity (Wildman–Crippen MR) is 92.3 cm³/mol. The van der Waals surface area contributed by atoms with E-state index in [9.17, 15) is 9.59 Å². The summed E-state index contributed by atoms with van der Waals surface area (Å²) in [5.74, 6) is 1.80. The molecule has 1 atom stereocenters. The molecule has 0 saturated carbocycles. The Labute approximate surface area is 147 Å². The van der Waals surface area contributed by atoms with Crippen LogP contribution < -0.4 is 10.2 Å². The predicted octanol–water partition coefficient (Wildman–Crippen LogP) is 0.294. The molecule has 0 bridgehead atoms. The van der Waals surface area contributed by atoms with Crippen molar-refractivity contribution in [3.05, 3.63) is 17.1 Å². The first-order chi connectivity index (χ1) is 12.0. The maximum absolute atomic E-state index is 11.9. The molecule has 0 spiro atoms. The molecule has 25 heavy (non-hydrogen) atoms. The van der Waals surface area contributed by atoms with Gasteiger partial charge in [-0.05, 0) is 26.2 Å². The van der Waals surface area contributed by atoms with Gasteiger partial charge >= 0.3 is 6.03 Å². The minimum Gasteiger partial charge on any atom is -0.354 e. The Bertz CT molecular complexity index is 695. The SMILES string of the molecule is Cc1nc2c(c(N3CCN(C4CC(=O)N(C)C(=O)N4)CC3)n1)CCC2. The minimum atomic E-state index is -0.312. The Morgan fingerprint density at radius 3 is 2.56 bits per heavy atom. The second-order valence-electron chi connectivity index (χ2n) is 7.02. The summed E-state index contributed by atoms with van der Waals surface area (Å²) in [7, 11) is 1.52. The number of anilines is 1. The Morgan fingerprint density at radius 1 is 1.08 bits per heavy atom. The van der Waals surface area contributed by atoms with Crippen LogP contribution in [0.15, 0.2) is 0 Å². The first kappa shape index (κ1) is 16.3. The quantitative estimate of drug-likeness (QED) is 0.831. The number of aromatic nitrogens is 2. The maximum atomic E-state index is 11.9. The Hall–Kier alpha value is -2.22. The Morgan fingerprint density at radius 2 is 1.84 bits per heavy atom. The lowest BCUT2D eigenvalue weighted by Crippen LogP contribution is -2.62. The van der Waals surface area contributed by atoms with Crippen molar-refractivity contribution in [1.82, 2.24) is 25.1 Å². The van der Waals surface area contributed by atoms with Crippen LogP contribution in [0.3, 0.4) is 0 Å². The maximum Gasteiger partial charge on any atom is 0.325 e. The number of nitrogens with zero attached hydrogens (tertiary/aromatic N) is 5. The molecule has 4 rings (SSSR count). The summed E-state index contributed by atoms with van der Waals surface area (Å²) in [6.07, 6.45) is 3.41. The molecular weight excluding hydrogens is 320 g/mol. The number of fused-ring (bicyclic) bond motifs is 1. The molecule has 3 heterocycles. The van der Waals surface area contributed by atoms with Gasteiger partial charge in [0.25, 0.3) is 0 Å². The van der Waals surface area contributed by atoms with Crippen molar-refractivity contribution in [3.63, 3.8) is 0 Å². The van der Waals surface area contributed by atoms with E-state index in [4.69, 9.17) is 4.98 Å². The van der Waals surface area contributed by atoms with Gasteiger partial charge in [-0.15, -0.1) is 0 Å². The lowest BCUT2D eigenvalue weighted by atomic mass is 10.1. The standard InChI is InChI=1S/C17H24N6O2/c1-11-18-13-5-3-4-12(13)16(19-11)23-8-6-22(7-9-23)14-10-15(24)21(2)17(25)20-14/h14H,3-10H2,1-2H3,(H,20,25). The Kier molecular flexibility index (Phi) is 4.07. The molecule has 0 radical (unpaired) electrons. The molecule has 0 aromatic carbocycles. The molecule has 134 valence electrons. The van der Waals surface area contributed by atoms with Gasteiger partial charge in [-0.2, -0.15) is 0 Å². The molecule has 3 amide bonds. The van der Waals surface area contributed by atoms with E-state index >= 15 is 0 Å². The number of carbonyl (C=O) groups is 2. The average molecular weight is 344 g/mol. The van der Waals surface area contributed by atoms with Gasteiger partial charge in [0.05, 0.1) is 12.6 Å². The summed E-state index contributed by atoms with van der Waals surface area (Å²) < 4.78 is 0. The number of carbonyl (C=O) groups excluding carboxylic acids is 2. The number of aryl methyl sites for hydroxylation is 2. The number of amides is 3. The number of rotatable bonds is 2. The summed E-state index contributed by atoms with van der Waals surface area (Å²) in [5.41, 5.74) is 2.51. The van der Waals surface area contributed by atoms with Crippen molar-refractivity contribution in [2.75, 3.05) is 38.1 Å². The fourth-order valence-electron chi connectivity index (χ4n) is 3.97.